The van der Waals surface area contributed by atoms with Gasteiger partial charge in [0.1, 0.15) is 5.82 Å². The van der Waals surface area contributed by atoms with E-state index in [1.807, 2.05) is 6.07 Å². The van der Waals surface area contributed by atoms with Crippen molar-refractivity contribution < 1.29 is 4.39 Å². The highest BCUT2D eigenvalue weighted by Crippen LogP contribution is 2.29. The molecule has 1 unspecified atom stereocenters. The average molecular weight is 298 g/mol. The minimum absolute atomic E-state index is 0.167. The minimum Gasteiger partial charge on any atom is -0.321 e. The first-order valence-corrected chi connectivity index (χ1v) is 6.86. The summed E-state index contributed by atoms with van der Waals surface area (Å²) < 4.78 is 14.1. The van der Waals surface area contributed by atoms with Crippen LogP contribution in [0, 0.1) is 5.82 Å². The Morgan fingerprint density at radius 1 is 1.18 bits per heavy atom. The van der Waals surface area contributed by atoms with Gasteiger partial charge in [-0.25, -0.2) is 4.39 Å². The molecule has 0 radical (unpaired) electrons. The predicted molar refractivity (Wildman–Crippen MR) is 72.2 cm³/mol. The van der Waals surface area contributed by atoms with E-state index < -0.39 is 0 Å². The summed E-state index contributed by atoms with van der Waals surface area (Å²) in [4.78, 5) is 0. The Kier molecular flexibility index (Phi) is 4.35. The van der Waals surface area contributed by atoms with Crippen LogP contribution in [0.1, 0.15) is 43.7 Å². The number of halogens is 2. The van der Waals surface area contributed by atoms with Crippen molar-refractivity contribution in [3.8, 4) is 0 Å². The first-order valence-electron chi connectivity index (χ1n) is 6.07. The Morgan fingerprint density at radius 3 is 2.76 bits per heavy atom. The lowest BCUT2D eigenvalue weighted by atomic mass is 9.96. The maximum Gasteiger partial charge on any atom is 0.124 e. The predicted octanol–water partition coefficient (Wildman–Crippen LogP) is 4.48. The van der Waals surface area contributed by atoms with E-state index in [0.29, 0.717) is 0 Å². The number of hydrogen-bond acceptors (Lipinski definition) is 1. The van der Waals surface area contributed by atoms with Crippen molar-refractivity contribution in [3.63, 3.8) is 0 Å². The highest BCUT2D eigenvalue weighted by atomic mass is 79.9. The van der Waals surface area contributed by atoms with Crippen molar-refractivity contribution >= 4 is 15.9 Å². The van der Waals surface area contributed by atoms with E-state index in [1.165, 1.54) is 37.0 Å². The average Bonchev–Trinajstić information content (AvgIpc) is 2.55. The molecule has 1 aromatic rings. The number of nitrogens with two attached hydrogens (primary N) is 1. The molecule has 17 heavy (non-hydrogen) atoms. The van der Waals surface area contributed by atoms with Crippen LogP contribution < -0.4 is 5.73 Å². The van der Waals surface area contributed by atoms with Crippen LogP contribution >= 0.6 is 15.9 Å². The number of benzene rings is 1. The van der Waals surface area contributed by atoms with Gasteiger partial charge in [0.25, 0.3) is 0 Å². The minimum atomic E-state index is -0.237. The molecule has 1 nitrogen and oxygen atoms in total. The number of allylic oxidation sites excluding steroid dienone is 1. The summed E-state index contributed by atoms with van der Waals surface area (Å²) >= 11 is 3.31. The van der Waals surface area contributed by atoms with Crippen LogP contribution in [0.4, 0.5) is 4.39 Å². The first-order chi connectivity index (χ1) is 8.16. The van der Waals surface area contributed by atoms with Gasteiger partial charge in [0.2, 0.25) is 0 Å². The van der Waals surface area contributed by atoms with Gasteiger partial charge in [-0.05, 0) is 49.4 Å². The van der Waals surface area contributed by atoms with E-state index in [4.69, 9.17) is 5.73 Å². The summed E-state index contributed by atoms with van der Waals surface area (Å²) in [5, 5.41) is 0. The molecule has 1 aliphatic carbocycles. The quantitative estimate of drug-likeness (QED) is 0.800. The fraction of sp³-hybridized carbons (Fsp3) is 0.429. The molecule has 3 heteroatoms. The van der Waals surface area contributed by atoms with Gasteiger partial charge in [-0.2, -0.15) is 0 Å². The van der Waals surface area contributed by atoms with Crippen molar-refractivity contribution in [2.75, 3.05) is 0 Å². The SMILES string of the molecule is NC(C1=CCCCCC1)c1cc(F)cc(Br)c1. The third-order valence-corrected chi connectivity index (χ3v) is 3.68. The van der Waals surface area contributed by atoms with E-state index >= 15 is 0 Å². The normalized spacial score (nSPS) is 18.4. The zero-order chi connectivity index (χ0) is 12.3. The number of hydrogen-bond donors (Lipinski definition) is 1. The molecule has 0 amide bonds. The highest BCUT2D eigenvalue weighted by Gasteiger charge is 2.14. The maximum atomic E-state index is 13.3. The summed E-state index contributed by atoms with van der Waals surface area (Å²) in [5.41, 5.74) is 8.32. The van der Waals surface area contributed by atoms with Crippen LogP contribution in [0.5, 0.6) is 0 Å². The molecular formula is C14H17BrFN. The Balaban J connectivity index is 2.23. The molecule has 0 fully saturated rings. The molecule has 2 rings (SSSR count). The molecule has 1 atom stereocenters. The molecule has 1 aliphatic rings. The van der Waals surface area contributed by atoms with Gasteiger partial charge in [0, 0.05) is 4.47 Å². The molecule has 0 aromatic heterocycles. The molecule has 0 aliphatic heterocycles. The second kappa shape index (κ2) is 5.78. The Bertz CT molecular complexity index is 408. The molecule has 0 bridgehead atoms. The molecule has 2 N–H and O–H groups in total. The standard InChI is InChI=1S/C14H17BrFN/c15-12-7-11(8-13(16)9-12)14(17)10-5-3-1-2-4-6-10/h5,7-9,14H,1-4,6,17H2. The van der Waals surface area contributed by atoms with Gasteiger partial charge < -0.3 is 5.73 Å². The Labute approximate surface area is 110 Å². The second-order valence-corrected chi connectivity index (χ2v) is 5.47. The first kappa shape index (κ1) is 12.8. The monoisotopic (exact) mass is 297 g/mol. The molecule has 0 saturated carbocycles. The van der Waals surface area contributed by atoms with Crippen LogP contribution in [-0.2, 0) is 0 Å². The largest absolute Gasteiger partial charge is 0.321 e. The van der Waals surface area contributed by atoms with Crippen molar-refractivity contribution in [2.24, 2.45) is 5.73 Å². The van der Waals surface area contributed by atoms with Gasteiger partial charge in [-0.15, -0.1) is 0 Å². The van der Waals surface area contributed by atoms with Gasteiger partial charge in [-0.1, -0.05) is 34.0 Å². The molecule has 0 saturated heterocycles. The van der Waals surface area contributed by atoms with Crippen molar-refractivity contribution in [2.45, 2.75) is 38.1 Å². The molecule has 1 aromatic carbocycles. The summed E-state index contributed by atoms with van der Waals surface area (Å²) in [5.74, 6) is -0.237. The molecule has 0 spiro atoms. The van der Waals surface area contributed by atoms with Gasteiger partial charge >= 0.3 is 0 Å². The fourth-order valence-electron chi connectivity index (χ4n) is 2.29. The Morgan fingerprint density at radius 2 is 2.00 bits per heavy atom. The summed E-state index contributed by atoms with van der Waals surface area (Å²) in [7, 11) is 0. The lowest BCUT2D eigenvalue weighted by Crippen LogP contribution is -2.13. The fourth-order valence-corrected chi connectivity index (χ4v) is 2.77. The Hall–Kier alpha value is -0.670. The lowest BCUT2D eigenvalue weighted by molar-refractivity contribution is 0.620. The highest BCUT2D eigenvalue weighted by molar-refractivity contribution is 9.10. The zero-order valence-corrected chi connectivity index (χ0v) is 11.3. The van der Waals surface area contributed by atoms with E-state index in [1.54, 1.807) is 0 Å². The maximum absolute atomic E-state index is 13.3. The zero-order valence-electron chi connectivity index (χ0n) is 9.76. The van der Waals surface area contributed by atoms with Crippen LogP contribution in [-0.4, -0.2) is 0 Å². The van der Waals surface area contributed by atoms with E-state index in [0.717, 1.165) is 22.9 Å². The third-order valence-electron chi connectivity index (χ3n) is 3.22. The number of rotatable bonds is 2. The van der Waals surface area contributed by atoms with Crippen molar-refractivity contribution in [1.29, 1.82) is 0 Å². The van der Waals surface area contributed by atoms with Gasteiger partial charge in [0.15, 0.2) is 0 Å². The molecular weight excluding hydrogens is 281 g/mol. The van der Waals surface area contributed by atoms with Crippen LogP contribution in [0.3, 0.4) is 0 Å². The molecule has 92 valence electrons. The summed E-state index contributed by atoms with van der Waals surface area (Å²) in [6.07, 6.45) is 8.06. The molecule has 0 heterocycles. The van der Waals surface area contributed by atoms with Crippen LogP contribution in [0.25, 0.3) is 0 Å². The van der Waals surface area contributed by atoms with Gasteiger partial charge in [-0.3, -0.25) is 0 Å². The van der Waals surface area contributed by atoms with Crippen molar-refractivity contribution in [3.05, 3.63) is 45.7 Å². The van der Waals surface area contributed by atoms with Crippen LogP contribution in [0.2, 0.25) is 0 Å². The summed E-state index contributed by atoms with van der Waals surface area (Å²) in [6.45, 7) is 0. The van der Waals surface area contributed by atoms with E-state index in [-0.39, 0.29) is 11.9 Å². The topological polar surface area (TPSA) is 26.0 Å². The second-order valence-electron chi connectivity index (χ2n) is 4.56. The van der Waals surface area contributed by atoms with E-state index in [2.05, 4.69) is 22.0 Å². The summed E-state index contributed by atoms with van der Waals surface area (Å²) in [6, 6.07) is 4.72. The van der Waals surface area contributed by atoms with Crippen LogP contribution in [0.15, 0.2) is 34.3 Å². The smallest absolute Gasteiger partial charge is 0.124 e. The lowest BCUT2D eigenvalue weighted by Gasteiger charge is -2.16. The van der Waals surface area contributed by atoms with Crippen molar-refractivity contribution in [1.82, 2.24) is 0 Å². The third kappa shape index (κ3) is 3.39. The van der Waals surface area contributed by atoms with Gasteiger partial charge in [0.05, 0.1) is 6.04 Å². The van der Waals surface area contributed by atoms with E-state index in [9.17, 15) is 4.39 Å².